The SMILES string of the molecule is CN(C)CC1CCN(c2cccc(C#N)c2)CC1. The molecule has 2 rings (SSSR count). The molecule has 3 heteroatoms. The smallest absolute Gasteiger partial charge is 0.0992 e. The Balaban J connectivity index is 1.95. The second-order valence-corrected chi connectivity index (χ2v) is 5.35. The number of hydrogen-bond donors (Lipinski definition) is 0. The third-order valence-corrected chi connectivity index (χ3v) is 3.58. The zero-order valence-corrected chi connectivity index (χ0v) is 11.3. The summed E-state index contributed by atoms with van der Waals surface area (Å²) in [6.45, 7) is 3.40. The van der Waals surface area contributed by atoms with Gasteiger partial charge in [-0.3, -0.25) is 0 Å². The molecule has 96 valence electrons. The summed E-state index contributed by atoms with van der Waals surface area (Å²) in [6.07, 6.45) is 2.49. The Morgan fingerprint density at radius 2 is 2.06 bits per heavy atom. The first kappa shape index (κ1) is 12.9. The van der Waals surface area contributed by atoms with Crippen molar-refractivity contribution >= 4 is 5.69 Å². The summed E-state index contributed by atoms with van der Waals surface area (Å²) in [6, 6.07) is 10.1. The fourth-order valence-electron chi connectivity index (χ4n) is 2.66. The van der Waals surface area contributed by atoms with Gasteiger partial charge in [-0.1, -0.05) is 6.07 Å². The van der Waals surface area contributed by atoms with Crippen molar-refractivity contribution in [1.29, 1.82) is 5.26 Å². The third kappa shape index (κ3) is 3.24. The molecule has 0 saturated carbocycles. The van der Waals surface area contributed by atoms with Gasteiger partial charge in [0.25, 0.3) is 0 Å². The Kier molecular flexibility index (Phi) is 4.22. The summed E-state index contributed by atoms with van der Waals surface area (Å²) in [5.41, 5.74) is 1.94. The van der Waals surface area contributed by atoms with E-state index in [-0.39, 0.29) is 0 Å². The van der Waals surface area contributed by atoms with E-state index in [4.69, 9.17) is 5.26 Å². The van der Waals surface area contributed by atoms with E-state index in [0.29, 0.717) is 0 Å². The van der Waals surface area contributed by atoms with Crippen molar-refractivity contribution in [2.45, 2.75) is 12.8 Å². The molecule has 0 amide bonds. The Morgan fingerprint density at radius 1 is 1.33 bits per heavy atom. The molecule has 0 aromatic heterocycles. The summed E-state index contributed by atoms with van der Waals surface area (Å²) in [4.78, 5) is 4.67. The molecule has 0 unspecified atom stereocenters. The van der Waals surface area contributed by atoms with Crippen LogP contribution in [0, 0.1) is 17.2 Å². The molecular formula is C15H21N3. The first-order valence-corrected chi connectivity index (χ1v) is 6.59. The van der Waals surface area contributed by atoms with Gasteiger partial charge in [0.2, 0.25) is 0 Å². The molecule has 3 nitrogen and oxygen atoms in total. The lowest BCUT2D eigenvalue weighted by atomic mass is 9.96. The number of nitrogens with zero attached hydrogens (tertiary/aromatic N) is 3. The maximum atomic E-state index is 8.93. The van der Waals surface area contributed by atoms with E-state index in [0.717, 1.165) is 24.6 Å². The van der Waals surface area contributed by atoms with Gasteiger partial charge in [-0.2, -0.15) is 5.26 Å². The van der Waals surface area contributed by atoms with E-state index in [1.54, 1.807) is 0 Å². The van der Waals surface area contributed by atoms with Gasteiger partial charge in [-0.25, -0.2) is 0 Å². The highest BCUT2D eigenvalue weighted by atomic mass is 15.1. The van der Waals surface area contributed by atoms with Gasteiger partial charge in [-0.05, 0) is 51.1 Å². The lowest BCUT2D eigenvalue weighted by molar-refractivity contribution is 0.285. The fraction of sp³-hybridized carbons (Fsp3) is 0.533. The molecule has 0 N–H and O–H groups in total. The quantitative estimate of drug-likeness (QED) is 0.816. The average molecular weight is 243 g/mol. The largest absolute Gasteiger partial charge is 0.371 e. The second kappa shape index (κ2) is 5.88. The summed E-state index contributed by atoms with van der Waals surface area (Å²) in [5.74, 6) is 0.815. The topological polar surface area (TPSA) is 30.3 Å². The van der Waals surface area contributed by atoms with Crippen molar-refractivity contribution in [3.8, 4) is 6.07 Å². The predicted molar refractivity (Wildman–Crippen MR) is 74.6 cm³/mol. The molecule has 1 aliphatic rings. The lowest BCUT2D eigenvalue weighted by Gasteiger charge is -2.34. The summed E-state index contributed by atoms with van der Waals surface area (Å²) in [7, 11) is 4.28. The summed E-state index contributed by atoms with van der Waals surface area (Å²) < 4.78 is 0. The first-order valence-electron chi connectivity index (χ1n) is 6.59. The van der Waals surface area contributed by atoms with E-state index in [2.05, 4.69) is 36.0 Å². The van der Waals surface area contributed by atoms with E-state index in [1.165, 1.54) is 25.1 Å². The van der Waals surface area contributed by atoms with Crippen LogP contribution in [-0.4, -0.2) is 38.6 Å². The van der Waals surface area contributed by atoms with Crippen LogP contribution in [0.25, 0.3) is 0 Å². The molecule has 0 spiro atoms. The standard InChI is InChI=1S/C15H21N3/c1-17(2)12-13-6-8-18(9-7-13)15-5-3-4-14(10-15)11-16/h3-5,10,13H,6-9,12H2,1-2H3. The molecule has 1 saturated heterocycles. The summed E-state index contributed by atoms with van der Waals surface area (Å²) >= 11 is 0. The molecule has 1 fully saturated rings. The van der Waals surface area contributed by atoms with Crippen molar-refractivity contribution in [3.63, 3.8) is 0 Å². The number of rotatable bonds is 3. The molecule has 18 heavy (non-hydrogen) atoms. The predicted octanol–water partition coefficient (Wildman–Crippen LogP) is 2.34. The Bertz CT molecular complexity index is 426. The molecule has 0 atom stereocenters. The van der Waals surface area contributed by atoms with Crippen molar-refractivity contribution in [3.05, 3.63) is 29.8 Å². The van der Waals surface area contributed by atoms with Crippen LogP contribution in [0.4, 0.5) is 5.69 Å². The monoisotopic (exact) mass is 243 g/mol. The minimum atomic E-state index is 0.753. The lowest BCUT2D eigenvalue weighted by Crippen LogP contribution is -2.37. The Hall–Kier alpha value is -1.53. The summed E-state index contributed by atoms with van der Waals surface area (Å²) in [5, 5.41) is 8.93. The highest BCUT2D eigenvalue weighted by Crippen LogP contribution is 2.24. The van der Waals surface area contributed by atoms with Gasteiger partial charge in [0.05, 0.1) is 11.6 Å². The molecule has 1 aromatic carbocycles. The second-order valence-electron chi connectivity index (χ2n) is 5.35. The molecule has 1 heterocycles. The van der Waals surface area contributed by atoms with Crippen molar-refractivity contribution in [2.24, 2.45) is 5.92 Å². The Labute approximate surface area is 110 Å². The maximum Gasteiger partial charge on any atom is 0.0992 e. The number of hydrogen-bond acceptors (Lipinski definition) is 3. The molecule has 0 aliphatic carbocycles. The van der Waals surface area contributed by atoms with E-state index < -0.39 is 0 Å². The van der Waals surface area contributed by atoms with Crippen LogP contribution >= 0.6 is 0 Å². The highest BCUT2D eigenvalue weighted by molar-refractivity contribution is 5.51. The molecule has 1 aromatic rings. The zero-order valence-electron chi connectivity index (χ0n) is 11.3. The minimum absolute atomic E-state index is 0.753. The van der Waals surface area contributed by atoms with Crippen LogP contribution in [0.15, 0.2) is 24.3 Å². The van der Waals surface area contributed by atoms with Gasteiger partial charge in [0.1, 0.15) is 0 Å². The van der Waals surface area contributed by atoms with Gasteiger partial charge in [0, 0.05) is 25.3 Å². The van der Waals surface area contributed by atoms with Crippen LogP contribution in [0.2, 0.25) is 0 Å². The van der Waals surface area contributed by atoms with Gasteiger partial charge < -0.3 is 9.80 Å². The van der Waals surface area contributed by atoms with E-state index >= 15 is 0 Å². The number of benzene rings is 1. The van der Waals surface area contributed by atoms with Gasteiger partial charge in [0.15, 0.2) is 0 Å². The van der Waals surface area contributed by atoms with Gasteiger partial charge in [-0.15, -0.1) is 0 Å². The number of anilines is 1. The molecule has 0 bridgehead atoms. The highest BCUT2D eigenvalue weighted by Gasteiger charge is 2.19. The van der Waals surface area contributed by atoms with Crippen molar-refractivity contribution < 1.29 is 0 Å². The molecule has 1 aliphatic heterocycles. The molecular weight excluding hydrogens is 222 g/mol. The fourth-order valence-corrected chi connectivity index (χ4v) is 2.66. The maximum absolute atomic E-state index is 8.93. The Morgan fingerprint density at radius 3 is 2.67 bits per heavy atom. The van der Waals surface area contributed by atoms with Crippen molar-refractivity contribution in [2.75, 3.05) is 38.6 Å². The van der Waals surface area contributed by atoms with Crippen LogP contribution < -0.4 is 4.90 Å². The number of nitriles is 1. The van der Waals surface area contributed by atoms with E-state index in [9.17, 15) is 0 Å². The van der Waals surface area contributed by atoms with Gasteiger partial charge >= 0.3 is 0 Å². The minimum Gasteiger partial charge on any atom is -0.371 e. The van der Waals surface area contributed by atoms with Crippen LogP contribution in [0.3, 0.4) is 0 Å². The number of piperidine rings is 1. The molecule has 0 radical (unpaired) electrons. The first-order chi connectivity index (χ1) is 8.69. The average Bonchev–Trinajstić information content (AvgIpc) is 2.39. The third-order valence-electron chi connectivity index (χ3n) is 3.58. The van der Waals surface area contributed by atoms with Crippen LogP contribution in [-0.2, 0) is 0 Å². The van der Waals surface area contributed by atoms with Crippen LogP contribution in [0.5, 0.6) is 0 Å². The van der Waals surface area contributed by atoms with Crippen LogP contribution in [0.1, 0.15) is 18.4 Å². The van der Waals surface area contributed by atoms with Crippen molar-refractivity contribution in [1.82, 2.24) is 4.90 Å². The van der Waals surface area contributed by atoms with E-state index in [1.807, 2.05) is 18.2 Å². The zero-order chi connectivity index (χ0) is 13.0. The normalized spacial score (nSPS) is 16.9.